The molecule has 0 spiro atoms. The van der Waals surface area contributed by atoms with Crippen LogP contribution in [0.15, 0.2) is 40.9 Å². The Hall–Kier alpha value is -1.61. The zero-order valence-corrected chi connectivity index (χ0v) is 19.9. The van der Waals surface area contributed by atoms with Gasteiger partial charge >= 0.3 is 0 Å². The van der Waals surface area contributed by atoms with Gasteiger partial charge in [-0.05, 0) is 68.6 Å². The number of rotatable bonds is 4. The Bertz CT molecular complexity index is 952. The summed E-state index contributed by atoms with van der Waals surface area (Å²) in [6.45, 7) is 17.0. The lowest BCUT2D eigenvalue weighted by molar-refractivity contribution is 0.568. The third-order valence-corrected chi connectivity index (χ3v) is 6.03. The number of nitrogens with zero attached hydrogens (tertiary/aromatic N) is 2. The Morgan fingerprint density at radius 1 is 0.929 bits per heavy atom. The normalized spacial score (nSPS) is 12.7. The predicted molar refractivity (Wildman–Crippen MR) is 125 cm³/mol. The minimum atomic E-state index is 0.0941. The second-order valence-electron chi connectivity index (χ2n) is 9.85. The van der Waals surface area contributed by atoms with Crippen LogP contribution in [-0.2, 0) is 17.4 Å². The first-order chi connectivity index (χ1) is 13.0. The summed E-state index contributed by atoms with van der Waals surface area (Å²) in [5, 5.41) is 0. The van der Waals surface area contributed by atoms with Crippen molar-refractivity contribution in [3.63, 3.8) is 0 Å². The van der Waals surface area contributed by atoms with E-state index >= 15 is 0 Å². The van der Waals surface area contributed by atoms with Crippen LogP contribution in [0.3, 0.4) is 0 Å². The summed E-state index contributed by atoms with van der Waals surface area (Å²) in [7, 11) is 0. The van der Waals surface area contributed by atoms with Crippen molar-refractivity contribution in [1.29, 1.82) is 0 Å². The summed E-state index contributed by atoms with van der Waals surface area (Å²) in [5.74, 6) is 1.08. The molecule has 0 atom stereocenters. The largest absolute Gasteiger partial charge is 0.324 e. The van der Waals surface area contributed by atoms with Crippen molar-refractivity contribution < 1.29 is 0 Å². The molecule has 1 aromatic heterocycles. The Morgan fingerprint density at radius 2 is 1.54 bits per heavy atom. The van der Waals surface area contributed by atoms with Gasteiger partial charge in [0.1, 0.15) is 11.3 Å². The molecule has 0 saturated carbocycles. The van der Waals surface area contributed by atoms with Crippen molar-refractivity contribution in [2.45, 2.75) is 78.7 Å². The molecule has 0 unspecified atom stereocenters. The SMILES string of the molecule is CCCCn1c(-c2cc(C(C)(C)C)cc(C(C)(C)C)c2)nc2c(Br)cccc21. The number of hydrogen-bond donors (Lipinski definition) is 0. The van der Waals surface area contributed by atoms with Gasteiger partial charge in [0.15, 0.2) is 0 Å². The van der Waals surface area contributed by atoms with E-state index < -0.39 is 0 Å². The van der Waals surface area contributed by atoms with Crippen LogP contribution in [0.1, 0.15) is 72.4 Å². The maximum absolute atomic E-state index is 5.10. The van der Waals surface area contributed by atoms with Gasteiger partial charge in [0, 0.05) is 16.6 Å². The smallest absolute Gasteiger partial charge is 0.141 e. The van der Waals surface area contributed by atoms with Gasteiger partial charge in [-0.3, -0.25) is 0 Å². The van der Waals surface area contributed by atoms with E-state index in [9.17, 15) is 0 Å². The van der Waals surface area contributed by atoms with Crippen LogP contribution in [0.5, 0.6) is 0 Å². The number of para-hydroxylation sites is 1. The summed E-state index contributed by atoms with van der Waals surface area (Å²) in [5.41, 5.74) is 6.39. The molecular formula is C25H33BrN2. The Labute approximate surface area is 178 Å². The van der Waals surface area contributed by atoms with Gasteiger partial charge in [-0.2, -0.15) is 0 Å². The maximum Gasteiger partial charge on any atom is 0.141 e. The molecule has 0 N–H and O–H groups in total. The van der Waals surface area contributed by atoms with Crippen molar-refractivity contribution in [3.05, 3.63) is 52.0 Å². The number of benzene rings is 2. The van der Waals surface area contributed by atoms with E-state index in [1.807, 2.05) is 0 Å². The lowest BCUT2D eigenvalue weighted by Gasteiger charge is -2.26. The molecule has 0 fully saturated rings. The van der Waals surface area contributed by atoms with Crippen LogP contribution in [0.4, 0.5) is 0 Å². The van der Waals surface area contributed by atoms with Crippen LogP contribution >= 0.6 is 15.9 Å². The molecule has 0 amide bonds. The first-order valence-corrected chi connectivity index (χ1v) is 11.1. The van der Waals surface area contributed by atoms with Crippen LogP contribution in [-0.4, -0.2) is 9.55 Å². The molecule has 0 aliphatic heterocycles. The molecule has 2 aromatic carbocycles. The number of halogens is 1. The van der Waals surface area contributed by atoms with E-state index in [2.05, 4.69) is 105 Å². The summed E-state index contributed by atoms with van der Waals surface area (Å²) in [6, 6.07) is 13.4. The lowest BCUT2D eigenvalue weighted by atomic mass is 9.79. The fraction of sp³-hybridized carbons (Fsp3) is 0.480. The Balaban J connectivity index is 2.30. The van der Waals surface area contributed by atoms with Crippen molar-refractivity contribution in [3.8, 4) is 11.4 Å². The fourth-order valence-electron chi connectivity index (χ4n) is 3.50. The molecule has 3 aromatic rings. The average Bonchev–Trinajstić information content (AvgIpc) is 2.98. The van der Waals surface area contributed by atoms with Crippen LogP contribution in [0.25, 0.3) is 22.4 Å². The average molecular weight is 441 g/mol. The fourth-order valence-corrected chi connectivity index (χ4v) is 3.94. The van der Waals surface area contributed by atoms with Gasteiger partial charge in [-0.15, -0.1) is 0 Å². The number of imidazole rings is 1. The Kier molecular flexibility index (Phi) is 5.78. The Morgan fingerprint density at radius 3 is 2.07 bits per heavy atom. The van der Waals surface area contributed by atoms with Crippen molar-refractivity contribution in [2.75, 3.05) is 0 Å². The predicted octanol–water partition coefficient (Wildman–Crippen LogP) is 7.86. The van der Waals surface area contributed by atoms with Gasteiger partial charge in [0.25, 0.3) is 0 Å². The quantitative estimate of drug-likeness (QED) is 0.403. The van der Waals surface area contributed by atoms with Crippen molar-refractivity contribution >= 4 is 27.0 Å². The maximum atomic E-state index is 5.10. The van der Waals surface area contributed by atoms with Gasteiger partial charge < -0.3 is 4.57 Å². The van der Waals surface area contributed by atoms with Crippen LogP contribution in [0, 0.1) is 0 Å². The lowest BCUT2D eigenvalue weighted by Crippen LogP contribution is -2.17. The summed E-state index contributed by atoms with van der Waals surface area (Å²) < 4.78 is 3.46. The van der Waals surface area contributed by atoms with Gasteiger partial charge in [0.2, 0.25) is 0 Å². The molecule has 28 heavy (non-hydrogen) atoms. The van der Waals surface area contributed by atoms with Crippen molar-refractivity contribution in [2.24, 2.45) is 0 Å². The summed E-state index contributed by atoms with van der Waals surface area (Å²) >= 11 is 3.70. The van der Waals surface area contributed by atoms with E-state index in [1.165, 1.54) is 28.6 Å². The van der Waals surface area contributed by atoms with E-state index in [-0.39, 0.29) is 10.8 Å². The summed E-state index contributed by atoms with van der Waals surface area (Å²) in [4.78, 5) is 5.10. The highest BCUT2D eigenvalue weighted by Crippen LogP contribution is 2.36. The molecule has 0 bridgehead atoms. The summed E-state index contributed by atoms with van der Waals surface area (Å²) in [6.07, 6.45) is 2.32. The molecule has 0 radical (unpaired) electrons. The second-order valence-corrected chi connectivity index (χ2v) is 10.7. The third-order valence-electron chi connectivity index (χ3n) is 5.39. The molecule has 0 aliphatic carbocycles. The monoisotopic (exact) mass is 440 g/mol. The number of hydrogen-bond acceptors (Lipinski definition) is 1. The highest BCUT2D eigenvalue weighted by molar-refractivity contribution is 9.10. The highest BCUT2D eigenvalue weighted by Gasteiger charge is 2.23. The van der Waals surface area contributed by atoms with Gasteiger partial charge in [0.05, 0.1) is 5.52 Å². The van der Waals surface area contributed by atoms with Crippen LogP contribution in [0.2, 0.25) is 0 Å². The standard InChI is InChI=1S/C25H33BrN2/c1-8-9-13-28-21-12-10-11-20(26)22(21)27-23(28)17-14-18(24(2,3)4)16-19(15-17)25(5,6)7/h10-12,14-16H,8-9,13H2,1-7H3. The molecule has 0 saturated heterocycles. The zero-order chi connectivity index (χ0) is 20.7. The molecular weight excluding hydrogens is 408 g/mol. The minimum Gasteiger partial charge on any atom is -0.324 e. The topological polar surface area (TPSA) is 17.8 Å². The molecule has 1 heterocycles. The zero-order valence-electron chi connectivity index (χ0n) is 18.4. The highest BCUT2D eigenvalue weighted by atomic mass is 79.9. The molecule has 3 heteroatoms. The number of aryl methyl sites for hydroxylation is 1. The minimum absolute atomic E-state index is 0.0941. The van der Waals surface area contributed by atoms with Crippen LogP contribution < -0.4 is 0 Å². The van der Waals surface area contributed by atoms with E-state index in [4.69, 9.17) is 4.98 Å². The van der Waals surface area contributed by atoms with E-state index in [0.717, 1.165) is 28.8 Å². The molecule has 2 nitrogen and oxygen atoms in total. The number of fused-ring (bicyclic) bond motifs is 1. The van der Waals surface area contributed by atoms with E-state index in [1.54, 1.807) is 0 Å². The first-order valence-electron chi connectivity index (χ1n) is 10.3. The molecule has 150 valence electrons. The van der Waals surface area contributed by atoms with Crippen molar-refractivity contribution in [1.82, 2.24) is 9.55 Å². The second kappa shape index (κ2) is 7.67. The van der Waals surface area contributed by atoms with Gasteiger partial charge in [-0.1, -0.05) is 67.0 Å². The van der Waals surface area contributed by atoms with Gasteiger partial charge in [-0.25, -0.2) is 4.98 Å². The number of aromatic nitrogens is 2. The number of unbranched alkanes of at least 4 members (excludes halogenated alkanes) is 1. The molecule has 0 aliphatic rings. The first kappa shape index (κ1) is 21.1. The third kappa shape index (κ3) is 4.20. The molecule has 3 rings (SSSR count). The van der Waals surface area contributed by atoms with E-state index in [0.29, 0.717) is 0 Å².